The van der Waals surface area contributed by atoms with Gasteiger partial charge >= 0.3 is 6.36 Å². The van der Waals surface area contributed by atoms with Gasteiger partial charge in [-0.05, 0) is 30.7 Å². The van der Waals surface area contributed by atoms with Gasteiger partial charge in [0.15, 0.2) is 5.75 Å². The van der Waals surface area contributed by atoms with E-state index in [1.165, 1.54) is 12.1 Å². The van der Waals surface area contributed by atoms with E-state index in [4.69, 9.17) is 9.57 Å². The van der Waals surface area contributed by atoms with Gasteiger partial charge < -0.3 is 19.3 Å². The van der Waals surface area contributed by atoms with Gasteiger partial charge in [-0.25, -0.2) is 0 Å². The maximum absolute atomic E-state index is 12.4. The summed E-state index contributed by atoms with van der Waals surface area (Å²) >= 11 is 0. The fourth-order valence-electron chi connectivity index (χ4n) is 3.00. The molecule has 0 aliphatic rings. The Kier molecular flexibility index (Phi) is 5.18. The van der Waals surface area contributed by atoms with Crippen molar-refractivity contribution in [2.75, 3.05) is 14.2 Å². The molecule has 0 radical (unpaired) electrons. The smallest absolute Gasteiger partial charge is 0.497 e. The van der Waals surface area contributed by atoms with Crippen LogP contribution in [0.4, 0.5) is 13.2 Å². The number of aryl methyl sites for hydroxylation is 1. The molecule has 144 valence electrons. The number of hydroxylamine groups is 1. The second kappa shape index (κ2) is 7.40. The highest BCUT2D eigenvalue weighted by molar-refractivity contribution is 5.86. The van der Waals surface area contributed by atoms with Crippen molar-refractivity contribution < 1.29 is 27.5 Å². The summed E-state index contributed by atoms with van der Waals surface area (Å²) in [6.45, 7) is 1.88. The van der Waals surface area contributed by atoms with Crippen LogP contribution in [-0.2, 0) is 6.42 Å². The van der Waals surface area contributed by atoms with E-state index in [0.29, 0.717) is 23.4 Å². The Hall–Kier alpha value is -2.87. The first-order chi connectivity index (χ1) is 12.8. The predicted molar refractivity (Wildman–Crippen MR) is 95.2 cm³/mol. The molecular formula is C19H19F3N2O3. The van der Waals surface area contributed by atoms with Crippen LogP contribution in [0.25, 0.3) is 10.9 Å². The largest absolute Gasteiger partial charge is 0.573 e. The summed E-state index contributed by atoms with van der Waals surface area (Å²) in [5, 5.41) is 0.827. The molecule has 0 bridgehead atoms. The highest BCUT2D eigenvalue weighted by atomic mass is 19.4. The predicted octanol–water partition coefficient (Wildman–Crippen LogP) is 4.49. The van der Waals surface area contributed by atoms with Gasteiger partial charge in [0, 0.05) is 47.8 Å². The van der Waals surface area contributed by atoms with Crippen LogP contribution in [0.2, 0.25) is 0 Å². The zero-order chi connectivity index (χ0) is 19.6. The van der Waals surface area contributed by atoms with Gasteiger partial charge in [0.25, 0.3) is 0 Å². The molecule has 8 heteroatoms. The maximum Gasteiger partial charge on any atom is 0.573 e. The summed E-state index contributed by atoms with van der Waals surface area (Å²) in [5.41, 5.74) is 5.96. The molecule has 2 aromatic carbocycles. The monoisotopic (exact) mass is 380 g/mol. The van der Waals surface area contributed by atoms with Gasteiger partial charge in [-0.1, -0.05) is 6.07 Å². The molecule has 0 saturated heterocycles. The molecule has 0 unspecified atom stereocenters. The number of aromatic amines is 1. The van der Waals surface area contributed by atoms with E-state index in [0.717, 1.165) is 22.2 Å². The van der Waals surface area contributed by atoms with Crippen molar-refractivity contribution in [3.8, 4) is 17.2 Å². The first-order valence-electron chi connectivity index (χ1n) is 8.18. The lowest BCUT2D eigenvalue weighted by atomic mass is 10.0. The quantitative estimate of drug-likeness (QED) is 0.619. The number of benzene rings is 2. The summed E-state index contributed by atoms with van der Waals surface area (Å²) in [6, 6.07) is 9.77. The molecule has 27 heavy (non-hydrogen) atoms. The third-order valence-corrected chi connectivity index (χ3v) is 4.18. The molecule has 0 atom stereocenters. The third-order valence-electron chi connectivity index (χ3n) is 4.18. The maximum atomic E-state index is 12.4. The minimum atomic E-state index is -4.72. The number of aromatic nitrogens is 1. The second-order valence-corrected chi connectivity index (χ2v) is 5.94. The summed E-state index contributed by atoms with van der Waals surface area (Å²) in [6.07, 6.45) is -4.19. The van der Waals surface area contributed by atoms with E-state index in [1.807, 2.05) is 19.1 Å². The zero-order valence-electron chi connectivity index (χ0n) is 15.0. The van der Waals surface area contributed by atoms with E-state index in [-0.39, 0.29) is 5.75 Å². The molecule has 0 spiro atoms. The van der Waals surface area contributed by atoms with Crippen LogP contribution in [0.1, 0.15) is 16.8 Å². The normalized spacial score (nSPS) is 11.6. The van der Waals surface area contributed by atoms with Gasteiger partial charge in [-0.3, -0.25) is 0 Å². The van der Waals surface area contributed by atoms with E-state index >= 15 is 0 Å². The molecule has 1 aromatic heterocycles. The van der Waals surface area contributed by atoms with Gasteiger partial charge in [-0.2, -0.15) is 5.48 Å². The van der Waals surface area contributed by atoms with Crippen molar-refractivity contribution in [3.05, 3.63) is 53.2 Å². The number of alkyl halides is 3. The Morgan fingerprint density at radius 1 is 1.07 bits per heavy atom. The first kappa shape index (κ1) is 18.9. The highest BCUT2D eigenvalue weighted by Crippen LogP contribution is 2.33. The Balaban J connectivity index is 1.97. The van der Waals surface area contributed by atoms with Crippen LogP contribution in [-0.4, -0.2) is 25.5 Å². The number of hydrogen-bond donors (Lipinski definition) is 2. The topological polar surface area (TPSA) is 55.5 Å². The van der Waals surface area contributed by atoms with Gasteiger partial charge in [0.2, 0.25) is 0 Å². The number of ether oxygens (including phenoxy) is 2. The van der Waals surface area contributed by atoms with Gasteiger partial charge in [0.05, 0.1) is 7.11 Å². The fraction of sp³-hybridized carbons (Fsp3) is 0.263. The van der Waals surface area contributed by atoms with Crippen LogP contribution in [0.15, 0.2) is 36.4 Å². The summed E-state index contributed by atoms with van der Waals surface area (Å²) < 4.78 is 46.5. The summed E-state index contributed by atoms with van der Waals surface area (Å²) in [5.74, 6) is 1.02. The van der Waals surface area contributed by atoms with Crippen molar-refractivity contribution in [2.24, 2.45) is 0 Å². The lowest BCUT2D eigenvalue weighted by Crippen LogP contribution is -2.16. The van der Waals surface area contributed by atoms with Crippen LogP contribution in [0.5, 0.6) is 17.2 Å². The molecule has 0 amide bonds. The number of nitrogens with one attached hydrogen (secondary N) is 2. The average molecular weight is 380 g/mol. The van der Waals surface area contributed by atoms with Gasteiger partial charge in [0.1, 0.15) is 11.5 Å². The standard InChI is InChI=1S/C19H19F3N2O3/c1-11-16(8-12-4-5-13(25-3)10-18(12)27-23-2)15-7-6-14(9-17(15)24-11)26-19(20,21)22/h4-7,9-10,23-24H,8H2,1-3H3. The summed E-state index contributed by atoms with van der Waals surface area (Å²) in [7, 11) is 3.23. The van der Waals surface area contributed by atoms with Crippen LogP contribution < -0.4 is 19.8 Å². The number of rotatable bonds is 6. The minimum Gasteiger partial charge on any atom is -0.497 e. The number of halogens is 3. The number of hydrogen-bond acceptors (Lipinski definition) is 4. The Labute approximate surface area is 154 Å². The Morgan fingerprint density at radius 2 is 1.81 bits per heavy atom. The highest BCUT2D eigenvalue weighted by Gasteiger charge is 2.31. The summed E-state index contributed by atoms with van der Waals surface area (Å²) in [4.78, 5) is 8.59. The molecule has 1 heterocycles. The third kappa shape index (κ3) is 4.28. The molecule has 0 aliphatic heterocycles. The molecule has 0 saturated carbocycles. The second-order valence-electron chi connectivity index (χ2n) is 5.94. The molecule has 0 fully saturated rings. The van der Waals surface area contributed by atoms with Crippen molar-refractivity contribution in [3.63, 3.8) is 0 Å². The molecule has 3 rings (SSSR count). The number of methoxy groups -OCH3 is 1. The fourth-order valence-corrected chi connectivity index (χ4v) is 3.00. The lowest BCUT2D eigenvalue weighted by Gasteiger charge is -2.12. The van der Waals surface area contributed by atoms with Crippen LogP contribution in [0.3, 0.4) is 0 Å². The molecule has 0 aliphatic carbocycles. The van der Waals surface area contributed by atoms with Crippen molar-refractivity contribution >= 4 is 10.9 Å². The zero-order valence-corrected chi connectivity index (χ0v) is 15.0. The molecular weight excluding hydrogens is 361 g/mol. The number of H-pyrrole nitrogens is 1. The van der Waals surface area contributed by atoms with E-state index in [1.54, 1.807) is 26.3 Å². The van der Waals surface area contributed by atoms with Crippen molar-refractivity contribution in [1.29, 1.82) is 0 Å². The first-order valence-corrected chi connectivity index (χ1v) is 8.18. The van der Waals surface area contributed by atoms with E-state index in [2.05, 4.69) is 15.2 Å². The van der Waals surface area contributed by atoms with Crippen LogP contribution >= 0.6 is 0 Å². The van der Waals surface area contributed by atoms with E-state index in [9.17, 15) is 13.2 Å². The SMILES string of the molecule is CNOc1cc(OC)ccc1Cc1c(C)[nH]c2cc(OC(F)(F)F)ccc12. The minimum absolute atomic E-state index is 0.258. The van der Waals surface area contributed by atoms with Crippen molar-refractivity contribution in [1.82, 2.24) is 10.5 Å². The van der Waals surface area contributed by atoms with E-state index < -0.39 is 6.36 Å². The Bertz CT molecular complexity index is 951. The Morgan fingerprint density at radius 3 is 2.48 bits per heavy atom. The average Bonchev–Trinajstić information content (AvgIpc) is 2.90. The van der Waals surface area contributed by atoms with Crippen molar-refractivity contribution in [2.45, 2.75) is 19.7 Å². The number of fused-ring (bicyclic) bond motifs is 1. The molecule has 5 nitrogen and oxygen atoms in total. The van der Waals surface area contributed by atoms with Gasteiger partial charge in [-0.15, -0.1) is 13.2 Å². The molecule has 3 aromatic rings. The van der Waals surface area contributed by atoms with Crippen LogP contribution in [0, 0.1) is 6.92 Å². The molecule has 2 N–H and O–H groups in total. The lowest BCUT2D eigenvalue weighted by molar-refractivity contribution is -0.274.